The van der Waals surface area contributed by atoms with Crippen molar-refractivity contribution in [2.45, 2.75) is 24.2 Å². The van der Waals surface area contributed by atoms with E-state index in [-0.39, 0.29) is 18.6 Å². The van der Waals surface area contributed by atoms with E-state index >= 15 is 0 Å². The number of hydrogen-bond donors (Lipinski definition) is 1. The molecule has 28 heavy (non-hydrogen) atoms. The number of anilines is 1. The lowest BCUT2D eigenvalue weighted by atomic mass is 9.49. The molecule has 6 heteroatoms. The second-order valence-corrected chi connectivity index (χ2v) is 7.18. The van der Waals surface area contributed by atoms with Gasteiger partial charge in [0.2, 0.25) is 5.91 Å². The normalized spacial score (nSPS) is 24.8. The second kappa shape index (κ2) is 6.21. The van der Waals surface area contributed by atoms with Gasteiger partial charge in [-0.2, -0.15) is 10.5 Å². The number of carbonyl (C=O) groups excluding carboxylic acids is 2. The number of ketones is 1. The van der Waals surface area contributed by atoms with Crippen molar-refractivity contribution >= 4 is 17.4 Å². The molecule has 1 fully saturated rings. The highest BCUT2D eigenvalue weighted by Crippen LogP contribution is 2.60. The molecule has 2 aliphatic rings. The SMILES string of the molecule is COc1ccc([C@H]2CC(=O)C[C@@]3(C(=O)Nc4ccccc43)C2(C#N)C#N)cc1. The van der Waals surface area contributed by atoms with Crippen molar-refractivity contribution < 1.29 is 14.3 Å². The predicted octanol–water partition coefficient (Wildman–Crippen LogP) is 3.07. The molecule has 138 valence electrons. The Kier molecular flexibility index (Phi) is 3.94. The molecule has 0 bridgehead atoms. The zero-order valence-corrected chi connectivity index (χ0v) is 15.2. The predicted molar refractivity (Wildman–Crippen MR) is 100 cm³/mol. The van der Waals surface area contributed by atoms with Crippen LogP contribution in [0.3, 0.4) is 0 Å². The van der Waals surface area contributed by atoms with Crippen LogP contribution in [0.2, 0.25) is 0 Å². The van der Waals surface area contributed by atoms with Gasteiger partial charge in [0.1, 0.15) is 16.9 Å². The van der Waals surface area contributed by atoms with E-state index in [2.05, 4.69) is 17.5 Å². The highest BCUT2D eigenvalue weighted by Gasteiger charge is 2.68. The Balaban J connectivity index is 1.98. The summed E-state index contributed by atoms with van der Waals surface area (Å²) in [5.41, 5.74) is -1.51. The van der Waals surface area contributed by atoms with Crippen molar-refractivity contribution in [2.75, 3.05) is 12.4 Å². The fourth-order valence-electron chi connectivity index (χ4n) is 4.64. The number of hydrogen-bond acceptors (Lipinski definition) is 5. The van der Waals surface area contributed by atoms with Gasteiger partial charge >= 0.3 is 0 Å². The number of nitriles is 2. The average molecular weight is 371 g/mol. The third-order valence-electron chi connectivity index (χ3n) is 5.98. The molecule has 1 N–H and O–H groups in total. The van der Waals surface area contributed by atoms with Crippen molar-refractivity contribution in [1.82, 2.24) is 0 Å². The van der Waals surface area contributed by atoms with E-state index in [0.29, 0.717) is 22.6 Å². The van der Waals surface area contributed by atoms with Gasteiger partial charge in [0.05, 0.1) is 19.2 Å². The Morgan fingerprint density at radius 3 is 2.39 bits per heavy atom. The molecule has 1 aliphatic heterocycles. The van der Waals surface area contributed by atoms with Gasteiger partial charge in [-0.15, -0.1) is 0 Å². The maximum Gasteiger partial charge on any atom is 0.238 e. The van der Waals surface area contributed by atoms with E-state index < -0.39 is 22.7 Å². The summed E-state index contributed by atoms with van der Waals surface area (Å²) in [5, 5.41) is 23.3. The number of ether oxygens (including phenoxy) is 1. The van der Waals surface area contributed by atoms with E-state index in [4.69, 9.17) is 4.74 Å². The minimum Gasteiger partial charge on any atom is -0.497 e. The number of fused-ring (bicyclic) bond motifs is 2. The first-order valence-electron chi connectivity index (χ1n) is 8.91. The topological polar surface area (TPSA) is 103 Å². The molecule has 1 saturated carbocycles. The van der Waals surface area contributed by atoms with Gasteiger partial charge < -0.3 is 10.1 Å². The van der Waals surface area contributed by atoms with Crippen LogP contribution < -0.4 is 10.1 Å². The molecule has 0 aromatic heterocycles. The van der Waals surface area contributed by atoms with E-state index in [1.165, 1.54) is 0 Å². The lowest BCUT2D eigenvalue weighted by Crippen LogP contribution is -2.56. The third-order valence-corrected chi connectivity index (χ3v) is 5.98. The number of nitrogens with one attached hydrogen (secondary N) is 1. The highest BCUT2D eigenvalue weighted by molar-refractivity contribution is 6.11. The molecule has 2 atom stereocenters. The number of nitrogens with zero attached hydrogens (tertiary/aromatic N) is 2. The Morgan fingerprint density at radius 2 is 1.75 bits per heavy atom. The highest BCUT2D eigenvalue weighted by atomic mass is 16.5. The largest absolute Gasteiger partial charge is 0.497 e. The minimum absolute atomic E-state index is 0.0324. The number of para-hydroxylation sites is 1. The molecular weight excluding hydrogens is 354 g/mol. The summed E-state index contributed by atoms with van der Waals surface area (Å²) < 4.78 is 5.18. The monoisotopic (exact) mass is 371 g/mol. The van der Waals surface area contributed by atoms with Crippen molar-refractivity contribution in [2.24, 2.45) is 5.41 Å². The molecule has 2 aromatic rings. The summed E-state index contributed by atoms with van der Waals surface area (Å²) >= 11 is 0. The fraction of sp³-hybridized carbons (Fsp3) is 0.273. The molecule has 4 rings (SSSR count). The summed E-state index contributed by atoms with van der Waals surface area (Å²) in [6, 6.07) is 18.2. The summed E-state index contributed by atoms with van der Waals surface area (Å²) in [6.07, 6.45) is -0.131. The summed E-state index contributed by atoms with van der Waals surface area (Å²) in [7, 11) is 1.54. The maximum atomic E-state index is 13.2. The molecule has 6 nitrogen and oxygen atoms in total. The van der Waals surface area contributed by atoms with Crippen LogP contribution >= 0.6 is 0 Å². The van der Waals surface area contributed by atoms with Crippen molar-refractivity contribution in [1.29, 1.82) is 10.5 Å². The molecular formula is C22H17N3O3. The van der Waals surface area contributed by atoms with Crippen LogP contribution in [-0.2, 0) is 15.0 Å². The number of rotatable bonds is 2. The van der Waals surface area contributed by atoms with E-state index in [9.17, 15) is 20.1 Å². The lowest BCUT2D eigenvalue weighted by molar-refractivity contribution is -0.134. The molecule has 1 heterocycles. The smallest absolute Gasteiger partial charge is 0.238 e. The maximum absolute atomic E-state index is 13.2. The Labute approximate surface area is 162 Å². The summed E-state index contributed by atoms with van der Waals surface area (Å²) in [4.78, 5) is 26.0. The van der Waals surface area contributed by atoms with Crippen LogP contribution in [0.15, 0.2) is 48.5 Å². The number of methoxy groups -OCH3 is 1. The van der Waals surface area contributed by atoms with E-state index in [1.807, 2.05) is 0 Å². The van der Waals surface area contributed by atoms with Gasteiger partial charge in [0.15, 0.2) is 5.41 Å². The number of benzene rings is 2. The standard InChI is InChI=1S/C22H17N3O3/c1-28-16-8-6-14(7-9-16)18-10-15(26)11-22(21(18,12-23)13-24)17-4-2-3-5-19(17)25-20(22)27/h2-9,18H,10-11H2,1H3,(H,25,27)/t18-,22-/m1/s1. The van der Waals surface area contributed by atoms with Gasteiger partial charge in [-0.1, -0.05) is 30.3 Å². The molecule has 0 unspecified atom stereocenters. The van der Waals surface area contributed by atoms with E-state index in [1.54, 1.807) is 55.6 Å². The van der Waals surface area contributed by atoms with Crippen molar-refractivity contribution in [3.8, 4) is 17.9 Å². The van der Waals surface area contributed by atoms with Gasteiger partial charge in [0, 0.05) is 24.4 Å². The van der Waals surface area contributed by atoms with Gasteiger partial charge in [0.25, 0.3) is 0 Å². The number of Topliss-reactive ketones (excluding diaryl/α,β-unsaturated/α-hetero) is 1. The van der Waals surface area contributed by atoms with Crippen LogP contribution in [0.4, 0.5) is 5.69 Å². The Morgan fingerprint density at radius 1 is 1.07 bits per heavy atom. The minimum atomic E-state index is -1.72. The third kappa shape index (κ3) is 2.12. The van der Waals surface area contributed by atoms with Crippen LogP contribution in [0.25, 0.3) is 0 Å². The summed E-state index contributed by atoms with van der Waals surface area (Å²) in [5.74, 6) is -0.715. The van der Waals surface area contributed by atoms with Crippen molar-refractivity contribution in [3.05, 3.63) is 59.7 Å². The number of amides is 1. The first-order chi connectivity index (χ1) is 13.5. The van der Waals surface area contributed by atoms with Crippen molar-refractivity contribution in [3.63, 3.8) is 0 Å². The molecule has 2 aromatic carbocycles. The Hall–Kier alpha value is -3.64. The van der Waals surface area contributed by atoms with Gasteiger partial charge in [-0.3, -0.25) is 9.59 Å². The average Bonchev–Trinajstić information content (AvgIpc) is 3.00. The number of carbonyl (C=O) groups is 2. The molecule has 0 radical (unpaired) electrons. The lowest BCUT2D eigenvalue weighted by Gasteiger charge is -2.46. The fourth-order valence-corrected chi connectivity index (χ4v) is 4.64. The van der Waals surface area contributed by atoms with Crippen LogP contribution in [-0.4, -0.2) is 18.8 Å². The molecule has 0 saturated heterocycles. The van der Waals surface area contributed by atoms with Gasteiger partial charge in [-0.05, 0) is 29.3 Å². The summed E-state index contributed by atoms with van der Waals surface area (Å²) in [6.45, 7) is 0. The second-order valence-electron chi connectivity index (χ2n) is 7.18. The molecule has 1 aliphatic carbocycles. The van der Waals surface area contributed by atoms with Crippen LogP contribution in [0.5, 0.6) is 5.75 Å². The molecule has 1 amide bonds. The van der Waals surface area contributed by atoms with Gasteiger partial charge in [-0.25, -0.2) is 0 Å². The quantitative estimate of drug-likeness (QED) is 0.874. The van der Waals surface area contributed by atoms with Crippen LogP contribution in [0.1, 0.15) is 29.9 Å². The zero-order chi connectivity index (χ0) is 19.9. The first-order valence-corrected chi connectivity index (χ1v) is 8.91. The zero-order valence-electron chi connectivity index (χ0n) is 15.2. The first kappa shape index (κ1) is 17.8. The molecule has 1 spiro atoms. The van der Waals surface area contributed by atoms with Crippen LogP contribution in [0, 0.1) is 28.1 Å². The van der Waals surface area contributed by atoms with E-state index in [0.717, 1.165) is 0 Å². The Bertz CT molecular complexity index is 1050.